The van der Waals surface area contributed by atoms with Crippen molar-refractivity contribution in [1.29, 1.82) is 0 Å². The van der Waals surface area contributed by atoms with Crippen LogP contribution >= 0.6 is 38.4 Å². The van der Waals surface area contributed by atoms with Gasteiger partial charge in [0.15, 0.2) is 0 Å². The summed E-state index contributed by atoms with van der Waals surface area (Å²) in [5.41, 5.74) is 0. The monoisotopic (exact) mass is 394 g/mol. The fourth-order valence-corrected chi connectivity index (χ4v) is 5.70. The Labute approximate surface area is 158 Å². The first-order chi connectivity index (χ1) is 8.75. The van der Waals surface area contributed by atoms with Gasteiger partial charge in [-0.25, -0.2) is 0 Å². The van der Waals surface area contributed by atoms with E-state index in [0.717, 1.165) is 0 Å². The molecule has 21 heavy (non-hydrogen) atoms. The fraction of sp³-hybridized carbons (Fsp3) is 1.00. The van der Waals surface area contributed by atoms with Crippen molar-refractivity contribution in [2.45, 2.75) is 63.7 Å². The fourth-order valence-electron chi connectivity index (χ4n) is 1.21. The minimum atomic E-state index is -4.67. The van der Waals surface area contributed by atoms with E-state index in [4.69, 9.17) is 36.8 Å². The second kappa shape index (κ2) is 9.39. The molecule has 0 rings (SSSR count). The molecule has 0 saturated carbocycles. The van der Waals surface area contributed by atoms with Crippen molar-refractivity contribution in [2.24, 2.45) is 0 Å². The SMILES string of the molecule is CC(C)OP(=O)(O)C(Cl)(Cl)P(=O)(OC(C)C)OC(C)C.[NaH]. The molecule has 11 heteroatoms. The summed E-state index contributed by atoms with van der Waals surface area (Å²) in [6, 6.07) is 0. The van der Waals surface area contributed by atoms with Gasteiger partial charge in [-0.1, -0.05) is 23.2 Å². The third-order valence-corrected chi connectivity index (χ3v) is 9.18. The van der Waals surface area contributed by atoms with Crippen LogP contribution in [-0.2, 0) is 22.7 Å². The number of rotatable bonds is 8. The van der Waals surface area contributed by atoms with Crippen LogP contribution in [0.2, 0.25) is 0 Å². The van der Waals surface area contributed by atoms with Crippen LogP contribution in [0.25, 0.3) is 0 Å². The molecule has 1 unspecified atom stereocenters. The summed E-state index contributed by atoms with van der Waals surface area (Å²) < 4.78 is 37.4. The molecule has 0 amide bonds. The van der Waals surface area contributed by atoms with Gasteiger partial charge < -0.3 is 18.5 Å². The van der Waals surface area contributed by atoms with Crippen molar-refractivity contribution < 1.29 is 27.6 Å². The summed E-state index contributed by atoms with van der Waals surface area (Å²) in [7, 11) is -8.99. The second-order valence-electron chi connectivity index (χ2n) is 4.99. The average molecular weight is 395 g/mol. The van der Waals surface area contributed by atoms with Crippen molar-refractivity contribution in [3.63, 3.8) is 0 Å². The van der Waals surface area contributed by atoms with Crippen LogP contribution in [0.15, 0.2) is 0 Å². The van der Waals surface area contributed by atoms with E-state index < -0.39 is 37.3 Å². The minimum absolute atomic E-state index is 0. The van der Waals surface area contributed by atoms with E-state index in [2.05, 4.69) is 0 Å². The van der Waals surface area contributed by atoms with E-state index in [0.29, 0.717) is 0 Å². The van der Waals surface area contributed by atoms with E-state index in [1.54, 1.807) is 27.7 Å². The van der Waals surface area contributed by atoms with Gasteiger partial charge in [0.1, 0.15) is 0 Å². The van der Waals surface area contributed by atoms with Crippen molar-refractivity contribution in [3.8, 4) is 0 Å². The number of hydrogen-bond donors (Lipinski definition) is 1. The summed E-state index contributed by atoms with van der Waals surface area (Å²) >= 11 is 11.8. The van der Waals surface area contributed by atoms with Crippen LogP contribution in [0.3, 0.4) is 0 Å². The van der Waals surface area contributed by atoms with Crippen LogP contribution in [0.4, 0.5) is 0 Å². The van der Waals surface area contributed by atoms with Crippen molar-refractivity contribution in [2.75, 3.05) is 0 Å². The van der Waals surface area contributed by atoms with E-state index in [-0.39, 0.29) is 29.6 Å². The van der Waals surface area contributed by atoms with E-state index >= 15 is 0 Å². The molecule has 0 saturated heterocycles. The molecular formula is C10H23Cl2NaO6P2. The molecule has 0 aliphatic carbocycles. The molecule has 6 nitrogen and oxygen atoms in total. The van der Waals surface area contributed by atoms with Crippen molar-refractivity contribution >= 4 is 68.0 Å². The average Bonchev–Trinajstić information content (AvgIpc) is 2.11. The third-order valence-electron chi connectivity index (χ3n) is 1.72. The zero-order valence-electron chi connectivity index (χ0n) is 12.4. The number of alkyl halides is 2. The quantitative estimate of drug-likeness (QED) is 0.379. The number of halogens is 2. The molecule has 0 aromatic heterocycles. The predicted octanol–water partition coefficient (Wildman–Crippen LogP) is 4.08. The van der Waals surface area contributed by atoms with Gasteiger partial charge in [-0.05, 0) is 41.5 Å². The first-order valence-corrected chi connectivity index (χ1v) is 9.99. The topological polar surface area (TPSA) is 82.1 Å². The molecule has 0 heterocycles. The first-order valence-electron chi connectivity index (χ1n) is 6.11. The summed E-state index contributed by atoms with van der Waals surface area (Å²) in [6.45, 7) is 9.34. The molecule has 124 valence electrons. The van der Waals surface area contributed by atoms with Gasteiger partial charge in [-0.15, -0.1) is 0 Å². The van der Waals surface area contributed by atoms with Gasteiger partial charge in [0, 0.05) is 0 Å². The Morgan fingerprint density at radius 1 is 0.857 bits per heavy atom. The van der Waals surface area contributed by atoms with Gasteiger partial charge in [0.25, 0.3) is 0 Å². The van der Waals surface area contributed by atoms with Crippen LogP contribution < -0.4 is 0 Å². The maximum atomic E-state index is 12.8. The molecule has 0 aliphatic rings. The van der Waals surface area contributed by atoms with Gasteiger partial charge in [0.2, 0.25) is 0 Å². The Morgan fingerprint density at radius 3 is 1.38 bits per heavy atom. The predicted molar refractivity (Wildman–Crippen MR) is 87.7 cm³/mol. The van der Waals surface area contributed by atoms with Crippen LogP contribution in [-0.4, -0.2) is 56.6 Å². The van der Waals surface area contributed by atoms with Gasteiger partial charge in [-0.2, -0.15) is 0 Å². The Kier molecular flexibility index (Phi) is 11.2. The zero-order chi connectivity index (χ0) is 16.4. The first kappa shape index (κ1) is 25.1. The molecule has 0 fully saturated rings. The van der Waals surface area contributed by atoms with Gasteiger partial charge in [-0.3, -0.25) is 9.13 Å². The maximum absolute atomic E-state index is 12.8. The van der Waals surface area contributed by atoms with E-state index in [1.807, 2.05) is 0 Å². The summed E-state index contributed by atoms with van der Waals surface area (Å²) in [6.07, 6.45) is -1.79. The van der Waals surface area contributed by atoms with Crippen LogP contribution in [0.1, 0.15) is 41.5 Å². The molecular weight excluding hydrogens is 372 g/mol. The molecule has 1 atom stereocenters. The van der Waals surface area contributed by atoms with Crippen LogP contribution in [0, 0.1) is 0 Å². The van der Waals surface area contributed by atoms with E-state index in [9.17, 15) is 14.0 Å². The summed E-state index contributed by atoms with van der Waals surface area (Å²) in [5, 5.41) is 0. The molecule has 1 N–H and O–H groups in total. The van der Waals surface area contributed by atoms with Gasteiger partial charge >= 0.3 is 48.6 Å². The Balaban J connectivity index is 0. The summed E-state index contributed by atoms with van der Waals surface area (Å²) in [4.78, 5) is 9.91. The normalized spacial score (nSPS) is 16.2. The molecule has 0 bridgehead atoms. The Bertz CT molecular complexity index is 402. The van der Waals surface area contributed by atoms with Crippen LogP contribution in [0.5, 0.6) is 0 Å². The third kappa shape index (κ3) is 7.11. The summed E-state index contributed by atoms with van der Waals surface area (Å²) in [5.74, 6) is 0. The molecule has 0 radical (unpaired) electrons. The Hall–Kier alpha value is 1.88. The van der Waals surface area contributed by atoms with Crippen molar-refractivity contribution in [3.05, 3.63) is 0 Å². The Morgan fingerprint density at radius 2 is 1.14 bits per heavy atom. The zero-order valence-corrected chi connectivity index (χ0v) is 15.7. The van der Waals surface area contributed by atoms with E-state index in [1.165, 1.54) is 13.8 Å². The standard InChI is InChI=1S/C10H22Cl2O6P2.Na.H/c1-7(2)16-19(13,14)10(11,12)20(15,17-8(3)4)18-9(5)6;;/h7-9H,1-6H3,(H,13,14);;. The molecule has 0 spiro atoms. The molecule has 0 aliphatic heterocycles. The van der Waals surface area contributed by atoms with Crippen molar-refractivity contribution in [1.82, 2.24) is 0 Å². The number of hydrogen-bond acceptors (Lipinski definition) is 5. The van der Waals surface area contributed by atoms with Gasteiger partial charge in [0.05, 0.1) is 18.3 Å². The molecule has 0 aromatic rings. The molecule has 0 aromatic carbocycles. The second-order valence-corrected chi connectivity index (χ2v) is 11.7.